The van der Waals surface area contributed by atoms with E-state index in [1.165, 1.54) is 5.56 Å². The van der Waals surface area contributed by atoms with Crippen molar-refractivity contribution in [1.29, 1.82) is 0 Å². The minimum atomic E-state index is 0.00833. The van der Waals surface area contributed by atoms with Crippen LogP contribution in [-0.4, -0.2) is 44.0 Å². The molecule has 1 unspecified atom stereocenters. The molecule has 0 aliphatic carbocycles. The number of benzene rings is 1. The number of amides is 1. The number of likely N-dealkylation sites (N-methyl/N-ethyl adjacent to an activating group) is 1. The maximum Gasteiger partial charge on any atom is 0.251 e. The summed E-state index contributed by atoms with van der Waals surface area (Å²) in [5.74, 6) is 0.515. The minimum Gasteiger partial charge on any atom is -0.384 e. The van der Waals surface area contributed by atoms with Crippen molar-refractivity contribution in [1.82, 2.24) is 10.2 Å². The van der Waals surface area contributed by atoms with Crippen molar-refractivity contribution >= 4 is 11.6 Å². The Morgan fingerprint density at radius 1 is 1.40 bits per heavy atom. The predicted octanol–water partition coefficient (Wildman–Crippen LogP) is 1.97. The highest BCUT2D eigenvalue weighted by Gasteiger charge is 2.18. The Kier molecular flexibility index (Phi) is 4.65. The molecule has 1 aromatic rings. The van der Waals surface area contributed by atoms with Crippen LogP contribution in [0.1, 0.15) is 29.8 Å². The smallest absolute Gasteiger partial charge is 0.251 e. The van der Waals surface area contributed by atoms with Gasteiger partial charge >= 0.3 is 0 Å². The molecule has 0 bridgehead atoms. The summed E-state index contributed by atoms with van der Waals surface area (Å²) in [5, 5.41) is 6.35. The fourth-order valence-electron chi connectivity index (χ4n) is 2.75. The number of rotatable bonds is 5. The van der Waals surface area contributed by atoms with Crippen LogP contribution in [0.2, 0.25) is 0 Å². The second kappa shape index (κ2) is 6.27. The van der Waals surface area contributed by atoms with E-state index in [1.54, 1.807) is 0 Å². The predicted molar refractivity (Wildman–Crippen MR) is 83.3 cm³/mol. The number of fused-ring (bicyclic) bond motifs is 1. The molecule has 1 aromatic carbocycles. The van der Waals surface area contributed by atoms with Gasteiger partial charge in [0.25, 0.3) is 5.91 Å². The van der Waals surface area contributed by atoms with Gasteiger partial charge in [-0.1, -0.05) is 19.9 Å². The first-order chi connectivity index (χ1) is 9.49. The number of anilines is 1. The van der Waals surface area contributed by atoms with E-state index in [0.29, 0.717) is 18.5 Å². The lowest BCUT2D eigenvalue weighted by Crippen LogP contribution is -2.43. The molecule has 110 valence electrons. The van der Waals surface area contributed by atoms with Gasteiger partial charge in [0.05, 0.1) is 0 Å². The molecule has 0 aromatic heterocycles. The Labute approximate surface area is 121 Å². The Morgan fingerprint density at radius 3 is 2.80 bits per heavy atom. The molecule has 1 aliphatic heterocycles. The minimum absolute atomic E-state index is 0.00833. The molecule has 1 atom stereocenters. The molecule has 0 radical (unpaired) electrons. The maximum atomic E-state index is 12.2. The zero-order chi connectivity index (χ0) is 14.7. The summed E-state index contributed by atoms with van der Waals surface area (Å²) in [6, 6.07) is 6.28. The van der Waals surface area contributed by atoms with Crippen molar-refractivity contribution < 1.29 is 4.79 Å². The third-order valence-electron chi connectivity index (χ3n) is 3.99. The summed E-state index contributed by atoms with van der Waals surface area (Å²) < 4.78 is 0. The van der Waals surface area contributed by atoms with Crippen molar-refractivity contribution in [3.63, 3.8) is 0 Å². The van der Waals surface area contributed by atoms with Crippen LogP contribution in [0.25, 0.3) is 0 Å². The van der Waals surface area contributed by atoms with E-state index >= 15 is 0 Å². The summed E-state index contributed by atoms with van der Waals surface area (Å²) >= 11 is 0. The normalized spacial score (nSPS) is 15.1. The average molecular weight is 275 g/mol. The van der Waals surface area contributed by atoms with E-state index in [2.05, 4.69) is 49.5 Å². The van der Waals surface area contributed by atoms with Gasteiger partial charge in [0, 0.05) is 30.4 Å². The fourth-order valence-corrected chi connectivity index (χ4v) is 2.75. The zero-order valence-electron chi connectivity index (χ0n) is 12.9. The molecule has 4 heteroatoms. The van der Waals surface area contributed by atoms with Crippen LogP contribution in [-0.2, 0) is 6.42 Å². The summed E-state index contributed by atoms with van der Waals surface area (Å²) in [6.07, 6.45) is 1.05. The molecule has 4 nitrogen and oxygen atoms in total. The quantitative estimate of drug-likeness (QED) is 0.863. The lowest BCUT2D eigenvalue weighted by molar-refractivity contribution is 0.0934. The zero-order valence-corrected chi connectivity index (χ0v) is 12.9. The van der Waals surface area contributed by atoms with Crippen LogP contribution in [0.4, 0.5) is 5.69 Å². The van der Waals surface area contributed by atoms with E-state index in [1.807, 2.05) is 12.1 Å². The first kappa shape index (κ1) is 14.9. The lowest BCUT2D eigenvalue weighted by atomic mass is 10.0. The van der Waals surface area contributed by atoms with Crippen molar-refractivity contribution in [3.05, 3.63) is 29.3 Å². The molecule has 0 saturated heterocycles. The number of hydrogen-bond acceptors (Lipinski definition) is 3. The summed E-state index contributed by atoms with van der Waals surface area (Å²) in [7, 11) is 4.10. The Bertz CT molecular complexity index is 475. The van der Waals surface area contributed by atoms with Crippen LogP contribution in [0, 0.1) is 5.92 Å². The van der Waals surface area contributed by atoms with Crippen LogP contribution in [0.15, 0.2) is 18.2 Å². The third-order valence-corrected chi connectivity index (χ3v) is 3.99. The molecular weight excluding hydrogens is 250 g/mol. The summed E-state index contributed by atoms with van der Waals surface area (Å²) in [6.45, 7) is 6.00. The van der Waals surface area contributed by atoms with E-state index < -0.39 is 0 Å². The SMILES string of the molecule is CC(C)C(CNC(=O)c1ccc2c(c1)NCC2)N(C)C. The number of carbonyl (C=O) groups excluding carboxylic acids is 1. The Hall–Kier alpha value is -1.55. The molecule has 2 rings (SSSR count). The van der Waals surface area contributed by atoms with Gasteiger partial charge in [-0.05, 0) is 44.1 Å². The van der Waals surface area contributed by atoms with Gasteiger partial charge in [0.15, 0.2) is 0 Å². The van der Waals surface area contributed by atoms with Gasteiger partial charge in [-0.3, -0.25) is 4.79 Å². The van der Waals surface area contributed by atoms with E-state index in [0.717, 1.165) is 24.2 Å². The highest BCUT2D eigenvalue weighted by atomic mass is 16.1. The van der Waals surface area contributed by atoms with Crippen LogP contribution >= 0.6 is 0 Å². The van der Waals surface area contributed by atoms with Crippen molar-refractivity contribution in [2.24, 2.45) is 5.92 Å². The van der Waals surface area contributed by atoms with Crippen molar-refractivity contribution in [2.75, 3.05) is 32.5 Å². The number of nitrogens with zero attached hydrogens (tertiary/aromatic N) is 1. The van der Waals surface area contributed by atoms with Crippen LogP contribution < -0.4 is 10.6 Å². The van der Waals surface area contributed by atoms with E-state index in [-0.39, 0.29) is 5.91 Å². The van der Waals surface area contributed by atoms with Gasteiger partial charge in [-0.25, -0.2) is 0 Å². The van der Waals surface area contributed by atoms with E-state index in [4.69, 9.17) is 0 Å². The molecule has 0 fully saturated rings. The highest BCUT2D eigenvalue weighted by molar-refractivity contribution is 5.95. The van der Waals surface area contributed by atoms with Crippen molar-refractivity contribution in [3.8, 4) is 0 Å². The Morgan fingerprint density at radius 2 is 2.15 bits per heavy atom. The second-order valence-corrected chi connectivity index (χ2v) is 6.03. The Balaban J connectivity index is 1.98. The largest absolute Gasteiger partial charge is 0.384 e. The molecule has 1 aliphatic rings. The molecule has 2 N–H and O–H groups in total. The van der Waals surface area contributed by atoms with Gasteiger partial charge in [0.1, 0.15) is 0 Å². The third kappa shape index (κ3) is 3.31. The molecule has 0 saturated carbocycles. The van der Waals surface area contributed by atoms with Gasteiger partial charge in [-0.2, -0.15) is 0 Å². The highest BCUT2D eigenvalue weighted by Crippen LogP contribution is 2.23. The summed E-state index contributed by atoms with van der Waals surface area (Å²) in [5.41, 5.74) is 3.14. The van der Waals surface area contributed by atoms with Gasteiger partial charge in [-0.15, -0.1) is 0 Å². The number of carbonyl (C=O) groups is 1. The first-order valence-corrected chi connectivity index (χ1v) is 7.30. The van der Waals surface area contributed by atoms with E-state index in [9.17, 15) is 4.79 Å². The van der Waals surface area contributed by atoms with Crippen LogP contribution in [0.5, 0.6) is 0 Å². The number of hydrogen-bond donors (Lipinski definition) is 2. The lowest BCUT2D eigenvalue weighted by Gasteiger charge is -2.28. The monoisotopic (exact) mass is 275 g/mol. The average Bonchev–Trinajstić information content (AvgIpc) is 2.84. The molecule has 0 spiro atoms. The van der Waals surface area contributed by atoms with Crippen LogP contribution in [0.3, 0.4) is 0 Å². The van der Waals surface area contributed by atoms with Gasteiger partial charge < -0.3 is 15.5 Å². The maximum absolute atomic E-state index is 12.2. The topological polar surface area (TPSA) is 44.4 Å². The molecule has 20 heavy (non-hydrogen) atoms. The fraction of sp³-hybridized carbons (Fsp3) is 0.562. The van der Waals surface area contributed by atoms with Crippen molar-refractivity contribution in [2.45, 2.75) is 26.3 Å². The second-order valence-electron chi connectivity index (χ2n) is 6.03. The first-order valence-electron chi connectivity index (χ1n) is 7.30. The standard InChI is InChI=1S/C16H25N3O/c1-11(2)15(19(3)4)10-18-16(20)13-6-5-12-7-8-17-14(12)9-13/h5-6,9,11,15,17H,7-8,10H2,1-4H3,(H,18,20). The van der Waals surface area contributed by atoms with Gasteiger partial charge in [0.2, 0.25) is 0 Å². The summed E-state index contributed by atoms with van der Waals surface area (Å²) in [4.78, 5) is 14.4. The molecular formula is C16H25N3O. The molecule has 1 amide bonds. The number of nitrogens with one attached hydrogen (secondary N) is 2. The molecule has 1 heterocycles.